The van der Waals surface area contributed by atoms with Crippen LogP contribution in [0.4, 0.5) is 5.69 Å². The molecule has 3 aromatic rings. The fourth-order valence-corrected chi connectivity index (χ4v) is 4.58. The van der Waals surface area contributed by atoms with Crippen molar-refractivity contribution in [3.63, 3.8) is 0 Å². The van der Waals surface area contributed by atoms with Crippen LogP contribution in [0.1, 0.15) is 39.3 Å². The predicted octanol–water partition coefficient (Wildman–Crippen LogP) is 5.30. The van der Waals surface area contributed by atoms with Crippen LogP contribution in [-0.2, 0) is 0 Å². The van der Waals surface area contributed by atoms with E-state index in [9.17, 15) is 9.59 Å². The highest BCUT2D eigenvalue weighted by atomic mass is 35.5. The molecule has 0 bridgehead atoms. The number of hydrogen-bond donors (Lipinski definition) is 2. The number of piperidine rings is 1. The number of hydrogen-bond acceptors (Lipinski definition) is 4. The summed E-state index contributed by atoms with van der Waals surface area (Å²) in [5.41, 5.74) is 3.28. The standard InChI is InChI=1S/C25H27N3O2S.ClH/c29-24(21-11-9-20(10-12-21)19-7-3-1-4-8-19)27-22-13-18-31-23(22)25(30)26-14-17-28-15-5-2-6-16-28;/h1,3-4,7-13,18H,2,5-6,14-17H2,(H,26,30)(H,27,29);1H. The Morgan fingerprint density at radius 2 is 1.53 bits per heavy atom. The lowest BCUT2D eigenvalue weighted by molar-refractivity contribution is 0.0951. The number of benzene rings is 2. The largest absolute Gasteiger partial charge is 0.350 e. The number of carbonyl (C=O) groups excluding carboxylic acids is 2. The number of likely N-dealkylation sites (tertiary alicyclic amines) is 1. The summed E-state index contributed by atoms with van der Waals surface area (Å²) in [6.45, 7) is 3.70. The van der Waals surface area contributed by atoms with E-state index < -0.39 is 0 Å². The normalized spacial score (nSPS) is 13.8. The third kappa shape index (κ3) is 6.19. The third-order valence-electron chi connectivity index (χ3n) is 5.54. The monoisotopic (exact) mass is 469 g/mol. The number of rotatable bonds is 7. The summed E-state index contributed by atoms with van der Waals surface area (Å²) in [5, 5.41) is 7.70. The molecular formula is C25H28ClN3O2S. The maximum Gasteiger partial charge on any atom is 0.263 e. The van der Waals surface area contributed by atoms with Crippen LogP contribution in [0.2, 0.25) is 0 Å². The van der Waals surface area contributed by atoms with Crippen molar-refractivity contribution in [3.8, 4) is 11.1 Å². The van der Waals surface area contributed by atoms with Gasteiger partial charge in [0, 0.05) is 18.7 Å². The van der Waals surface area contributed by atoms with Gasteiger partial charge < -0.3 is 15.5 Å². The molecule has 2 aromatic carbocycles. The molecule has 1 aromatic heterocycles. The highest BCUT2D eigenvalue weighted by molar-refractivity contribution is 7.12. The highest BCUT2D eigenvalue weighted by Gasteiger charge is 2.17. The molecule has 1 aliphatic heterocycles. The Morgan fingerprint density at radius 1 is 0.844 bits per heavy atom. The Hall–Kier alpha value is -2.67. The lowest BCUT2D eigenvalue weighted by atomic mass is 10.0. The summed E-state index contributed by atoms with van der Waals surface area (Å²) in [4.78, 5) is 28.3. The number of halogens is 1. The third-order valence-corrected chi connectivity index (χ3v) is 6.45. The Morgan fingerprint density at radius 3 is 2.25 bits per heavy atom. The number of amides is 2. The van der Waals surface area contributed by atoms with Crippen LogP contribution in [0.5, 0.6) is 0 Å². The molecule has 0 saturated carbocycles. The molecule has 0 radical (unpaired) electrons. The van der Waals surface area contributed by atoms with Gasteiger partial charge in [-0.15, -0.1) is 23.7 Å². The average Bonchev–Trinajstić information content (AvgIpc) is 3.28. The van der Waals surface area contributed by atoms with E-state index in [0.717, 1.165) is 30.8 Å². The first kappa shape index (κ1) is 24.0. The Labute approximate surface area is 199 Å². The van der Waals surface area contributed by atoms with Gasteiger partial charge >= 0.3 is 0 Å². The molecule has 0 unspecified atom stereocenters. The molecule has 1 fully saturated rings. The zero-order valence-corrected chi connectivity index (χ0v) is 19.5. The van der Waals surface area contributed by atoms with E-state index in [0.29, 0.717) is 22.7 Å². The van der Waals surface area contributed by atoms with Crippen LogP contribution in [0.3, 0.4) is 0 Å². The SMILES string of the molecule is Cl.O=C(Nc1ccsc1C(=O)NCCN1CCCCC1)c1ccc(-c2ccccc2)cc1. The van der Waals surface area contributed by atoms with E-state index in [1.165, 1.54) is 30.6 Å². The molecule has 168 valence electrons. The minimum Gasteiger partial charge on any atom is -0.350 e. The second-order valence-electron chi connectivity index (χ2n) is 7.72. The summed E-state index contributed by atoms with van der Waals surface area (Å²) >= 11 is 1.34. The molecule has 0 aliphatic carbocycles. The van der Waals surface area contributed by atoms with Crippen LogP contribution < -0.4 is 10.6 Å². The summed E-state index contributed by atoms with van der Waals surface area (Å²) in [7, 11) is 0. The van der Waals surface area contributed by atoms with Gasteiger partial charge in [-0.25, -0.2) is 0 Å². The van der Waals surface area contributed by atoms with Gasteiger partial charge in [-0.1, -0.05) is 48.9 Å². The average molecular weight is 470 g/mol. The molecule has 2 heterocycles. The molecule has 4 rings (SSSR count). The minimum absolute atomic E-state index is 0. The molecule has 1 aliphatic rings. The smallest absolute Gasteiger partial charge is 0.263 e. The minimum atomic E-state index is -0.222. The first-order valence-corrected chi connectivity index (χ1v) is 11.6. The van der Waals surface area contributed by atoms with Crippen molar-refractivity contribution in [1.82, 2.24) is 10.2 Å². The van der Waals surface area contributed by atoms with Crippen LogP contribution in [0.15, 0.2) is 66.0 Å². The van der Waals surface area contributed by atoms with Crippen molar-refractivity contribution in [1.29, 1.82) is 0 Å². The predicted molar refractivity (Wildman–Crippen MR) is 134 cm³/mol. The zero-order valence-electron chi connectivity index (χ0n) is 17.9. The molecule has 2 N–H and O–H groups in total. The van der Waals surface area contributed by atoms with E-state index in [1.807, 2.05) is 60.0 Å². The van der Waals surface area contributed by atoms with Crippen LogP contribution in [-0.4, -0.2) is 42.9 Å². The Bertz CT molecular complexity index is 1020. The molecule has 0 atom stereocenters. The van der Waals surface area contributed by atoms with Gasteiger partial charge in [-0.3, -0.25) is 9.59 Å². The molecule has 32 heavy (non-hydrogen) atoms. The second kappa shape index (κ2) is 11.8. The molecule has 7 heteroatoms. The topological polar surface area (TPSA) is 61.4 Å². The summed E-state index contributed by atoms with van der Waals surface area (Å²) in [6.07, 6.45) is 3.78. The van der Waals surface area contributed by atoms with Gasteiger partial charge in [0.15, 0.2) is 0 Å². The van der Waals surface area contributed by atoms with E-state index in [1.54, 1.807) is 6.07 Å². The van der Waals surface area contributed by atoms with E-state index in [-0.39, 0.29) is 24.2 Å². The van der Waals surface area contributed by atoms with Crippen molar-refractivity contribution < 1.29 is 9.59 Å². The quantitative estimate of drug-likeness (QED) is 0.493. The maximum atomic E-state index is 12.7. The highest BCUT2D eigenvalue weighted by Crippen LogP contribution is 2.24. The fraction of sp³-hybridized carbons (Fsp3) is 0.280. The Kier molecular flexibility index (Phi) is 8.85. The van der Waals surface area contributed by atoms with E-state index >= 15 is 0 Å². The first-order chi connectivity index (χ1) is 15.2. The van der Waals surface area contributed by atoms with E-state index in [2.05, 4.69) is 15.5 Å². The van der Waals surface area contributed by atoms with Gasteiger partial charge in [-0.2, -0.15) is 0 Å². The lowest BCUT2D eigenvalue weighted by Crippen LogP contribution is -2.37. The fourth-order valence-electron chi connectivity index (χ4n) is 3.81. The van der Waals surface area contributed by atoms with Crippen LogP contribution >= 0.6 is 23.7 Å². The number of carbonyl (C=O) groups is 2. The summed E-state index contributed by atoms with van der Waals surface area (Å²) in [5.74, 6) is -0.359. The zero-order chi connectivity index (χ0) is 21.5. The lowest BCUT2D eigenvalue weighted by Gasteiger charge is -2.26. The van der Waals surface area contributed by atoms with Crippen molar-refractivity contribution in [2.45, 2.75) is 19.3 Å². The number of thiophene rings is 1. The van der Waals surface area contributed by atoms with Gasteiger partial charge in [0.2, 0.25) is 0 Å². The number of nitrogens with zero attached hydrogens (tertiary/aromatic N) is 1. The van der Waals surface area contributed by atoms with Crippen molar-refractivity contribution in [2.24, 2.45) is 0 Å². The summed E-state index contributed by atoms with van der Waals surface area (Å²) in [6, 6.07) is 19.3. The molecule has 2 amide bonds. The van der Waals surface area contributed by atoms with Gasteiger partial charge in [0.1, 0.15) is 4.88 Å². The van der Waals surface area contributed by atoms with Crippen molar-refractivity contribution >= 4 is 41.2 Å². The second-order valence-corrected chi connectivity index (χ2v) is 8.64. The van der Waals surface area contributed by atoms with Gasteiger partial charge in [-0.05, 0) is 60.6 Å². The number of nitrogens with one attached hydrogen (secondary N) is 2. The van der Waals surface area contributed by atoms with Crippen LogP contribution in [0.25, 0.3) is 11.1 Å². The molecule has 5 nitrogen and oxygen atoms in total. The maximum absolute atomic E-state index is 12.7. The summed E-state index contributed by atoms with van der Waals surface area (Å²) < 4.78 is 0. The molecular weight excluding hydrogens is 442 g/mol. The first-order valence-electron chi connectivity index (χ1n) is 10.8. The van der Waals surface area contributed by atoms with E-state index in [4.69, 9.17) is 0 Å². The number of anilines is 1. The van der Waals surface area contributed by atoms with Crippen molar-refractivity contribution in [3.05, 3.63) is 76.5 Å². The van der Waals surface area contributed by atoms with Gasteiger partial charge in [0.05, 0.1) is 5.69 Å². The van der Waals surface area contributed by atoms with Gasteiger partial charge in [0.25, 0.3) is 11.8 Å². The van der Waals surface area contributed by atoms with Crippen molar-refractivity contribution in [2.75, 3.05) is 31.5 Å². The van der Waals surface area contributed by atoms with Crippen LogP contribution in [0, 0.1) is 0 Å². The Balaban J connectivity index is 0.00000289. The molecule has 1 saturated heterocycles. The molecule has 0 spiro atoms.